The summed E-state index contributed by atoms with van der Waals surface area (Å²) in [6.45, 7) is 3.76. The lowest BCUT2D eigenvalue weighted by molar-refractivity contribution is -0.103. The Morgan fingerprint density at radius 2 is 2.25 bits per heavy atom. The molecule has 0 N–H and O–H groups in total. The predicted molar refractivity (Wildman–Crippen MR) is 90.4 cm³/mol. The first-order chi connectivity index (χ1) is 11.7. The summed E-state index contributed by atoms with van der Waals surface area (Å²) < 4.78 is 17.4. The second kappa shape index (κ2) is 6.39. The zero-order chi connectivity index (χ0) is 16.7. The number of nitrogens with zero attached hydrogens (tertiary/aromatic N) is 1. The number of hydrogen-bond donors (Lipinski definition) is 0. The van der Waals surface area contributed by atoms with E-state index >= 15 is 0 Å². The lowest BCUT2D eigenvalue weighted by atomic mass is 10.1. The number of hydrogen-bond acceptors (Lipinski definition) is 4. The van der Waals surface area contributed by atoms with Crippen LogP contribution in [-0.4, -0.2) is 48.8 Å². The van der Waals surface area contributed by atoms with Crippen LogP contribution in [0.5, 0.6) is 0 Å². The number of halogens is 1. The van der Waals surface area contributed by atoms with Gasteiger partial charge in [-0.3, -0.25) is 4.79 Å². The molecule has 2 aliphatic rings. The second-order valence-electron chi connectivity index (χ2n) is 6.27. The molecule has 2 heterocycles. The highest BCUT2D eigenvalue weighted by Gasteiger charge is 2.45. The number of carbonyl (C=O) groups is 1. The highest BCUT2D eigenvalue weighted by atomic mass is 35.5. The number of carbonyl (C=O) groups excluding carboxylic acids is 1. The minimum atomic E-state index is -0.0854. The highest BCUT2D eigenvalue weighted by Crippen LogP contribution is 2.33. The number of furan rings is 1. The van der Waals surface area contributed by atoms with E-state index in [9.17, 15) is 4.79 Å². The van der Waals surface area contributed by atoms with Gasteiger partial charge in [-0.25, -0.2) is 0 Å². The molecule has 1 saturated carbocycles. The van der Waals surface area contributed by atoms with Crippen molar-refractivity contribution in [2.75, 3.05) is 19.8 Å². The average molecular weight is 350 g/mol. The summed E-state index contributed by atoms with van der Waals surface area (Å²) in [5.74, 6) is 0.269. The van der Waals surface area contributed by atoms with Gasteiger partial charge in [0.25, 0.3) is 5.91 Å². The van der Waals surface area contributed by atoms with Crippen LogP contribution in [0.1, 0.15) is 30.3 Å². The third-order valence-electron chi connectivity index (χ3n) is 4.87. The van der Waals surface area contributed by atoms with E-state index in [-0.39, 0.29) is 24.2 Å². The average Bonchev–Trinajstić information content (AvgIpc) is 3.18. The third kappa shape index (κ3) is 2.70. The molecule has 1 aromatic carbocycles. The van der Waals surface area contributed by atoms with E-state index in [4.69, 9.17) is 25.5 Å². The molecular formula is C18H20ClNO4. The van der Waals surface area contributed by atoms with Gasteiger partial charge < -0.3 is 18.8 Å². The van der Waals surface area contributed by atoms with Crippen LogP contribution in [0.15, 0.2) is 28.7 Å². The number of benzene rings is 1. The Labute approximate surface area is 145 Å². The second-order valence-corrected chi connectivity index (χ2v) is 6.70. The van der Waals surface area contributed by atoms with Gasteiger partial charge in [0.2, 0.25) is 0 Å². The van der Waals surface area contributed by atoms with E-state index in [0.717, 1.165) is 18.2 Å². The first kappa shape index (κ1) is 15.9. The third-order valence-corrected chi connectivity index (χ3v) is 5.10. The number of amides is 1. The fraction of sp³-hybridized carbons (Fsp3) is 0.500. The molecule has 2 fully saturated rings. The maximum absolute atomic E-state index is 13.0. The van der Waals surface area contributed by atoms with E-state index in [2.05, 4.69) is 0 Å². The molecule has 2 aromatic rings. The van der Waals surface area contributed by atoms with Crippen molar-refractivity contribution in [3.63, 3.8) is 0 Å². The monoisotopic (exact) mass is 349 g/mol. The van der Waals surface area contributed by atoms with Crippen molar-refractivity contribution in [2.45, 2.75) is 38.0 Å². The van der Waals surface area contributed by atoms with Crippen LogP contribution in [0.3, 0.4) is 0 Å². The van der Waals surface area contributed by atoms with Gasteiger partial charge in [0, 0.05) is 23.6 Å². The van der Waals surface area contributed by atoms with E-state index in [0.29, 0.717) is 36.1 Å². The summed E-state index contributed by atoms with van der Waals surface area (Å²) >= 11 is 6.01. The molecule has 1 aliphatic heterocycles. The quantitative estimate of drug-likeness (QED) is 0.851. The van der Waals surface area contributed by atoms with Gasteiger partial charge in [0.1, 0.15) is 11.7 Å². The number of fused-ring (bicyclic) bond motifs is 2. The van der Waals surface area contributed by atoms with Crippen molar-refractivity contribution in [3.8, 4) is 0 Å². The van der Waals surface area contributed by atoms with Crippen LogP contribution in [-0.2, 0) is 9.47 Å². The molecule has 0 spiro atoms. The summed E-state index contributed by atoms with van der Waals surface area (Å²) in [6.07, 6.45) is 1.85. The van der Waals surface area contributed by atoms with Crippen LogP contribution < -0.4 is 0 Å². The molecular weight excluding hydrogens is 330 g/mol. The van der Waals surface area contributed by atoms with Gasteiger partial charge in [-0.15, -0.1) is 0 Å². The predicted octanol–water partition coefficient (Wildman–Crippen LogP) is 3.49. The molecule has 0 bridgehead atoms. The summed E-state index contributed by atoms with van der Waals surface area (Å²) in [5, 5.41) is 1.47. The van der Waals surface area contributed by atoms with Crippen molar-refractivity contribution < 1.29 is 18.7 Å². The zero-order valence-corrected chi connectivity index (χ0v) is 14.3. The highest BCUT2D eigenvalue weighted by molar-refractivity contribution is 6.31. The van der Waals surface area contributed by atoms with Gasteiger partial charge in [0.05, 0.1) is 18.8 Å². The molecule has 24 heavy (non-hydrogen) atoms. The van der Waals surface area contributed by atoms with E-state index in [1.165, 1.54) is 0 Å². The Morgan fingerprint density at radius 1 is 1.38 bits per heavy atom. The Balaban J connectivity index is 1.58. The number of ether oxygens (including phenoxy) is 2. The molecule has 4 rings (SSSR count). The van der Waals surface area contributed by atoms with Crippen LogP contribution in [0.4, 0.5) is 0 Å². The summed E-state index contributed by atoms with van der Waals surface area (Å²) in [6, 6.07) is 7.18. The van der Waals surface area contributed by atoms with Gasteiger partial charge in [-0.1, -0.05) is 11.6 Å². The molecule has 0 unspecified atom stereocenters. The van der Waals surface area contributed by atoms with E-state index < -0.39 is 0 Å². The molecule has 1 aromatic heterocycles. The minimum absolute atomic E-state index is 0.0403. The van der Waals surface area contributed by atoms with Gasteiger partial charge in [-0.05, 0) is 44.0 Å². The lowest BCUT2D eigenvalue weighted by Crippen LogP contribution is -2.53. The Bertz CT molecular complexity index is 759. The van der Waals surface area contributed by atoms with Crippen LogP contribution in [0.25, 0.3) is 11.0 Å². The largest absolute Gasteiger partial charge is 0.451 e. The summed E-state index contributed by atoms with van der Waals surface area (Å²) in [7, 11) is 0. The number of morpholine rings is 1. The maximum atomic E-state index is 13.0. The first-order valence-electron chi connectivity index (χ1n) is 8.40. The standard InChI is InChI=1S/C18H20ClNO4/c1-2-22-15-6-4-13-17(15)23-8-7-20(13)18(21)16-10-11-9-12(19)3-5-14(11)24-16/h3,5,9-10,13,15,17H,2,4,6-8H2,1H3/t13-,15+,17+/m0/s1. The van der Waals surface area contributed by atoms with Crippen LogP contribution in [0.2, 0.25) is 5.02 Å². The molecule has 1 aliphatic carbocycles. The molecule has 0 radical (unpaired) electrons. The normalized spacial score (nSPS) is 26.8. The molecule has 1 saturated heterocycles. The summed E-state index contributed by atoms with van der Waals surface area (Å²) in [5.41, 5.74) is 0.672. The SMILES string of the molecule is CCO[C@@H]1CC[C@H]2[C@H]1OCCN2C(=O)c1cc2cc(Cl)ccc2o1. The fourth-order valence-corrected chi connectivity index (χ4v) is 4.00. The Hall–Kier alpha value is -1.56. The lowest BCUT2D eigenvalue weighted by Gasteiger charge is -2.38. The van der Waals surface area contributed by atoms with Crippen molar-refractivity contribution in [1.29, 1.82) is 0 Å². The molecule has 128 valence electrons. The van der Waals surface area contributed by atoms with Gasteiger partial charge in [-0.2, -0.15) is 0 Å². The molecule has 3 atom stereocenters. The molecule has 5 nitrogen and oxygen atoms in total. The van der Waals surface area contributed by atoms with Gasteiger partial charge in [0.15, 0.2) is 5.76 Å². The zero-order valence-electron chi connectivity index (χ0n) is 13.5. The first-order valence-corrected chi connectivity index (χ1v) is 8.78. The van der Waals surface area contributed by atoms with Crippen molar-refractivity contribution >= 4 is 28.5 Å². The molecule has 1 amide bonds. The topological polar surface area (TPSA) is 51.9 Å². The Morgan fingerprint density at radius 3 is 3.08 bits per heavy atom. The van der Waals surface area contributed by atoms with Crippen molar-refractivity contribution in [2.24, 2.45) is 0 Å². The Kier molecular flexibility index (Phi) is 4.24. The fourth-order valence-electron chi connectivity index (χ4n) is 3.82. The maximum Gasteiger partial charge on any atom is 0.290 e. The van der Waals surface area contributed by atoms with E-state index in [1.54, 1.807) is 24.3 Å². The number of rotatable bonds is 3. The smallest absolute Gasteiger partial charge is 0.290 e. The minimum Gasteiger partial charge on any atom is -0.451 e. The van der Waals surface area contributed by atoms with Crippen LogP contribution >= 0.6 is 11.6 Å². The van der Waals surface area contributed by atoms with Crippen molar-refractivity contribution in [3.05, 3.63) is 35.0 Å². The van der Waals surface area contributed by atoms with E-state index in [1.807, 2.05) is 11.8 Å². The summed E-state index contributed by atoms with van der Waals surface area (Å²) in [4.78, 5) is 14.8. The van der Waals surface area contributed by atoms with Crippen molar-refractivity contribution in [1.82, 2.24) is 4.90 Å². The molecule has 6 heteroatoms. The van der Waals surface area contributed by atoms with Crippen LogP contribution in [0, 0.1) is 0 Å². The van der Waals surface area contributed by atoms with Gasteiger partial charge >= 0.3 is 0 Å².